The summed E-state index contributed by atoms with van der Waals surface area (Å²) in [6.45, 7) is 0.212. The number of nitro benzene ring substituents is 1. The number of rotatable bonds is 4. The van der Waals surface area contributed by atoms with Gasteiger partial charge in [-0.15, -0.1) is 11.3 Å². The van der Waals surface area contributed by atoms with Crippen LogP contribution in [0, 0.1) is 15.9 Å². The van der Waals surface area contributed by atoms with Crippen molar-refractivity contribution in [2.24, 2.45) is 0 Å². The van der Waals surface area contributed by atoms with Gasteiger partial charge in [-0.05, 0) is 34.1 Å². The molecule has 0 aliphatic heterocycles. The average molecular weight is 374 g/mol. The van der Waals surface area contributed by atoms with Crippen LogP contribution in [0.15, 0.2) is 28.1 Å². The van der Waals surface area contributed by atoms with Crippen LogP contribution < -0.4 is 11.1 Å². The number of nitrogens with one attached hydrogen (secondary N) is 1. The molecule has 0 aliphatic rings. The molecule has 0 aliphatic carbocycles. The van der Waals surface area contributed by atoms with E-state index in [-0.39, 0.29) is 17.8 Å². The summed E-state index contributed by atoms with van der Waals surface area (Å²) in [7, 11) is 0. The topological polar surface area (TPSA) is 98.3 Å². The lowest BCUT2D eigenvalue weighted by molar-refractivity contribution is -0.385. The van der Waals surface area contributed by atoms with E-state index in [1.165, 1.54) is 11.3 Å². The Morgan fingerprint density at radius 2 is 2.19 bits per heavy atom. The van der Waals surface area contributed by atoms with Crippen LogP contribution in [0.1, 0.15) is 15.2 Å². The SMILES string of the molecule is Nc1cc(C(=O)NCc2ccc(Br)s2)c([N+](=O)[O-])cc1F. The van der Waals surface area contributed by atoms with E-state index >= 15 is 0 Å². The number of nitrogens with two attached hydrogens (primary N) is 1. The van der Waals surface area contributed by atoms with Gasteiger partial charge in [-0.1, -0.05) is 0 Å². The fourth-order valence-electron chi connectivity index (χ4n) is 1.62. The number of nitrogens with zero attached hydrogens (tertiary/aromatic N) is 1. The Balaban J connectivity index is 2.22. The predicted molar refractivity (Wildman–Crippen MR) is 80.7 cm³/mol. The van der Waals surface area contributed by atoms with E-state index in [1.54, 1.807) is 0 Å². The Labute approximate surface area is 131 Å². The zero-order valence-corrected chi connectivity index (χ0v) is 12.8. The third-order valence-electron chi connectivity index (χ3n) is 2.61. The Kier molecular flexibility index (Phi) is 4.53. The van der Waals surface area contributed by atoms with Gasteiger partial charge in [-0.3, -0.25) is 14.9 Å². The minimum absolute atomic E-state index is 0.212. The minimum atomic E-state index is -0.930. The number of hydrogen-bond donors (Lipinski definition) is 2. The Bertz CT molecular complexity index is 720. The summed E-state index contributed by atoms with van der Waals surface area (Å²) in [5.74, 6) is -1.61. The van der Waals surface area contributed by atoms with E-state index in [1.807, 2.05) is 12.1 Å². The van der Waals surface area contributed by atoms with Crippen molar-refractivity contribution >= 4 is 44.5 Å². The van der Waals surface area contributed by atoms with Gasteiger partial charge in [-0.2, -0.15) is 0 Å². The normalized spacial score (nSPS) is 10.4. The number of amides is 1. The van der Waals surface area contributed by atoms with Crippen molar-refractivity contribution in [2.45, 2.75) is 6.54 Å². The monoisotopic (exact) mass is 373 g/mol. The Morgan fingerprint density at radius 1 is 1.48 bits per heavy atom. The van der Waals surface area contributed by atoms with Gasteiger partial charge in [-0.25, -0.2) is 4.39 Å². The molecule has 2 rings (SSSR count). The first-order chi connectivity index (χ1) is 9.88. The summed E-state index contributed by atoms with van der Waals surface area (Å²) in [4.78, 5) is 22.9. The van der Waals surface area contributed by atoms with Gasteiger partial charge in [0, 0.05) is 4.88 Å². The van der Waals surface area contributed by atoms with E-state index in [4.69, 9.17) is 5.73 Å². The van der Waals surface area contributed by atoms with Crippen molar-refractivity contribution in [3.05, 3.63) is 54.4 Å². The summed E-state index contributed by atoms with van der Waals surface area (Å²) < 4.78 is 14.2. The molecule has 0 unspecified atom stereocenters. The highest BCUT2D eigenvalue weighted by Gasteiger charge is 2.22. The maximum Gasteiger partial charge on any atom is 0.285 e. The summed E-state index contributed by atoms with van der Waals surface area (Å²) in [5.41, 5.74) is 4.15. The maximum absolute atomic E-state index is 13.3. The first-order valence-corrected chi connectivity index (χ1v) is 7.25. The zero-order valence-electron chi connectivity index (χ0n) is 10.4. The average Bonchev–Trinajstić information content (AvgIpc) is 2.84. The van der Waals surface area contributed by atoms with Crippen LogP contribution in [0.4, 0.5) is 15.8 Å². The highest BCUT2D eigenvalue weighted by Crippen LogP contribution is 2.25. The predicted octanol–water partition coefficient (Wildman–Crippen LogP) is 3.07. The molecular weight excluding hydrogens is 365 g/mol. The highest BCUT2D eigenvalue weighted by molar-refractivity contribution is 9.11. The van der Waals surface area contributed by atoms with Crippen LogP contribution >= 0.6 is 27.3 Å². The molecular formula is C12H9BrFN3O3S. The maximum atomic E-state index is 13.3. The first-order valence-electron chi connectivity index (χ1n) is 5.64. The van der Waals surface area contributed by atoms with Crippen LogP contribution in [0.3, 0.4) is 0 Å². The number of nitro groups is 1. The third-order valence-corrected chi connectivity index (χ3v) is 4.23. The number of halogens is 2. The summed E-state index contributed by atoms with van der Waals surface area (Å²) in [6.07, 6.45) is 0. The second-order valence-corrected chi connectivity index (χ2v) is 6.58. The zero-order chi connectivity index (χ0) is 15.6. The highest BCUT2D eigenvalue weighted by atomic mass is 79.9. The Hall–Kier alpha value is -2.00. The number of benzene rings is 1. The molecule has 0 saturated heterocycles. The van der Waals surface area contributed by atoms with Gasteiger partial charge in [0.2, 0.25) is 0 Å². The van der Waals surface area contributed by atoms with Crippen molar-refractivity contribution in [1.29, 1.82) is 0 Å². The molecule has 0 atom stereocenters. The smallest absolute Gasteiger partial charge is 0.285 e. The molecule has 110 valence electrons. The second kappa shape index (κ2) is 6.19. The molecule has 0 fully saturated rings. The number of carbonyl (C=O) groups excluding carboxylic acids is 1. The lowest BCUT2D eigenvalue weighted by atomic mass is 10.1. The number of thiophene rings is 1. The van der Waals surface area contributed by atoms with Crippen LogP contribution in [0.2, 0.25) is 0 Å². The molecule has 0 radical (unpaired) electrons. The number of anilines is 1. The van der Waals surface area contributed by atoms with Crippen LogP contribution in [-0.4, -0.2) is 10.8 Å². The molecule has 0 bridgehead atoms. The standard InChI is InChI=1S/C12H9BrFN3O3S/c13-11-2-1-6(21-11)5-16-12(18)7-3-9(15)8(14)4-10(7)17(19)20/h1-4H,5,15H2,(H,16,18). The van der Waals surface area contributed by atoms with Crippen molar-refractivity contribution in [3.63, 3.8) is 0 Å². The van der Waals surface area contributed by atoms with Gasteiger partial charge in [0.1, 0.15) is 5.56 Å². The molecule has 21 heavy (non-hydrogen) atoms. The number of nitrogen functional groups attached to an aromatic ring is 1. The van der Waals surface area contributed by atoms with E-state index < -0.39 is 22.3 Å². The largest absolute Gasteiger partial charge is 0.396 e. The molecule has 6 nitrogen and oxygen atoms in total. The van der Waals surface area contributed by atoms with Gasteiger partial charge in [0.05, 0.1) is 27.0 Å². The van der Waals surface area contributed by atoms with Crippen molar-refractivity contribution < 1.29 is 14.1 Å². The minimum Gasteiger partial charge on any atom is -0.396 e. The van der Waals surface area contributed by atoms with Crippen LogP contribution in [-0.2, 0) is 6.54 Å². The van der Waals surface area contributed by atoms with E-state index in [2.05, 4.69) is 21.2 Å². The molecule has 9 heteroatoms. The fraction of sp³-hybridized carbons (Fsp3) is 0.0833. The van der Waals surface area contributed by atoms with Gasteiger partial charge in [0.25, 0.3) is 11.6 Å². The Morgan fingerprint density at radius 3 is 2.76 bits per heavy atom. The lowest BCUT2D eigenvalue weighted by Gasteiger charge is -2.06. The molecule has 1 aromatic carbocycles. The van der Waals surface area contributed by atoms with E-state index in [0.29, 0.717) is 6.07 Å². The van der Waals surface area contributed by atoms with Crippen molar-refractivity contribution in [1.82, 2.24) is 5.32 Å². The lowest BCUT2D eigenvalue weighted by Crippen LogP contribution is -2.23. The summed E-state index contributed by atoms with van der Waals surface area (Å²) in [5, 5.41) is 13.4. The molecule has 0 saturated carbocycles. The molecule has 1 aromatic heterocycles. The van der Waals surface area contributed by atoms with E-state index in [0.717, 1.165) is 14.7 Å². The second-order valence-electron chi connectivity index (χ2n) is 4.04. The summed E-state index contributed by atoms with van der Waals surface area (Å²) >= 11 is 4.71. The fourth-order valence-corrected chi connectivity index (χ4v) is 3.04. The van der Waals surface area contributed by atoms with Crippen molar-refractivity contribution in [2.75, 3.05) is 5.73 Å². The molecule has 3 N–H and O–H groups in total. The molecule has 1 heterocycles. The van der Waals surface area contributed by atoms with Crippen molar-refractivity contribution in [3.8, 4) is 0 Å². The van der Waals surface area contributed by atoms with Gasteiger partial charge >= 0.3 is 0 Å². The first kappa shape index (κ1) is 15.4. The van der Waals surface area contributed by atoms with Crippen LogP contribution in [0.25, 0.3) is 0 Å². The molecule has 1 amide bonds. The number of hydrogen-bond acceptors (Lipinski definition) is 5. The summed E-state index contributed by atoms with van der Waals surface area (Å²) in [6, 6.07) is 5.24. The quantitative estimate of drug-likeness (QED) is 0.488. The van der Waals surface area contributed by atoms with Gasteiger partial charge in [0.15, 0.2) is 5.82 Å². The molecule has 0 spiro atoms. The third kappa shape index (κ3) is 3.56. The van der Waals surface area contributed by atoms with Crippen LogP contribution in [0.5, 0.6) is 0 Å². The van der Waals surface area contributed by atoms with E-state index in [9.17, 15) is 19.3 Å². The van der Waals surface area contributed by atoms with Gasteiger partial charge < -0.3 is 11.1 Å². The molecule has 2 aromatic rings. The number of carbonyl (C=O) groups is 1.